The van der Waals surface area contributed by atoms with Crippen molar-refractivity contribution in [3.05, 3.63) is 128 Å². The maximum atomic E-state index is 6.80. The first kappa shape index (κ1) is 18.4. The van der Waals surface area contributed by atoms with Crippen molar-refractivity contribution in [3.63, 3.8) is 0 Å². The molecule has 1 aliphatic carbocycles. The van der Waals surface area contributed by atoms with Gasteiger partial charge in [-0.3, -0.25) is 0 Å². The van der Waals surface area contributed by atoms with Gasteiger partial charge in [-0.2, -0.15) is 0 Å². The Kier molecular flexibility index (Phi) is 5.14. The van der Waals surface area contributed by atoms with Crippen LogP contribution in [0.2, 0.25) is 15.1 Å². The first-order valence-electron chi connectivity index (χ1n) is 8.77. The molecule has 0 aliphatic heterocycles. The Morgan fingerprint density at radius 3 is 1.78 bits per heavy atom. The highest BCUT2D eigenvalue weighted by atomic mass is 35.5. The normalized spacial score (nSPS) is 13.7. The Bertz CT molecular complexity index is 979. The highest BCUT2D eigenvalue weighted by Gasteiger charge is 2.41. The molecular formula is C24H17Cl3. The fourth-order valence-corrected chi connectivity index (χ4v) is 4.62. The molecule has 3 aromatic rings. The van der Waals surface area contributed by atoms with Crippen LogP contribution in [0.5, 0.6) is 0 Å². The summed E-state index contributed by atoms with van der Waals surface area (Å²) in [7, 11) is 0. The molecule has 0 unspecified atom stereocenters. The molecule has 27 heavy (non-hydrogen) atoms. The highest BCUT2D eigenvalue weighted by Crippen LogP contribution is 2.51. The lowest BCUT2D eigenvalue weighted by molar-refractivity contribution is 0.711. The van der Waals surface area contributed by atoms with E-state index in [-0.39, 0.29) is 0 Å². The van der Waals surface area contributed by atoms with Crippen molar-refractivity contribution in [2.75, 3.05) is 0 Å². The predicted octanol–water partition coefficient (Wildman–Crippen LogP) is 7.87. The van der Waals surface area contributed by atoms with Gasteiger partial charge in [0, 0.05) is 0 Å². The van der Waals surface area contributed by atoms with E-state index in [1.54, 1.807) is 0 Å². The van der Waals surface area contributed by atoms with Crippen molar-refractivity contribution in [1.82, 2.24) is 0 Å². The van der Waals surface area contributed by atoms with Crippen molar-refractivity contribution in [2.24, 2.45) is 0 Å². The lowest BCUT2D eigenvalue weighted by atomic mass is 9.64. The second-order valence-electron chi connectivity index (χ2n) is 6.53. The molecular weight excluding hydrogens is 395 g/mol. The van der Waals surface area contributed by atoms with Gasteiger partial charge >= 0.3 is 0 Å². The van der Waals surface area contributed by atoms with Crippen molar-refractivity contribution < 1.29 is 0 Å². The van der Waals surface area contributed by atoms with E-state index in [1.807, 2.05) is 24.3 Å². The Hall–Kier alpha value is -1.99. The van der Waals surface area contributed by atoms with Crippen molar-refractivity contribution in [2.45, 2.75) is 11.8 Å². The molecule has 0 aromatic heterocycles. The topological polar surface area (TPSA) is 0 Å². The zero-order chi connectivity index (χ0) is 18.9. The van der Waals surface area contributed by atoms with Crippen LogP contribution in [0, 0.1) is 0 Å². The fourth-order valence-electron chi connectivity index (χ4n) is 3.94. The van der Waals surface area contributed by atoms with Crippen LogP contribution in [-0.4, -0.2) is 0 Å². The lowest BCUT2D eigenvalue weighted by Crippen LogP contribution is -2.32. The number of allylic oxidation sites excluding steroid dienone is 4. The summed E-state index contributed by atoms with van der Waals surface area (Å²) in [6, 6.07) is 24.7. The average molecular weight is 412 g/mol. The minimum Gasteiger partial charge on any atom is -0.0827 e. The molecule has 0 fully saturated rings. The van der Waals surface area contributed by atoms with Gasteiger partial charge in [-0.15, -0.1) is 0 Å². The zero-order valence-corrected chi connectivity index (χ0v) is 16.8. The van der Waals surface area contributed by atoms with E-state index in [2.05, 4.69) is 66.8 Å². The van der Waals surface area contributed by atoms with Gasteiger partial charge < -0.3 is 0 Å². The van der Waals surface area contributed by atoms with Gasteiger partial charge in [-0.1, -0.05) is 120 Å². The summed E-state index contributed by atoms with van der Waals surface area (Å²) >= 11 is 19.5. The third-order valence-electron chi connectivity index (χ3n) is 5.11. The second-order valence-corrected chi connectivity index (χ2v) is 7.69. The summed E-state index contributed by atoms with van der Waals surface area (Å²) in [5.41, 5.74) is 3.93. The van der Waals surface area contributed by atoms with Gasteiger partial charge in [0.05, 0.1) is 20.5 Å². The Balaban J connectivity index is 2.14. The number of hydrogen-bond acceptors (Lipinski definition) is 0. The van der Waals surface area contributed by atoms with E-state index < -0.39 is 5.41 Å². The predicted molar refractivity (Wildman–Crippen MR) is 116 cm³/mol. The maximum Gasteiger partial charge on any atom is 0.0781 e. The first-order chi connectivity index (χ1) is 13.2. The average Bonchev–Trinajstić information content (AvgIpc) is 3.25. The minimum atomic E-state index is -0.544. The van der Waals surface area contributed by atoms with Crippen molar-refractivity contribution in [3.8, 4) is 0 Å². The van der Waals surface area contributed by atoms with E-state index in [4.69, 9.17) is 34.8 Å². The van der Waals surface area contributed by atoms with Crippen LogP contribution in [0.3, 0.4) is 0 Å². The third-order valence-corrected chi connectivity index (χ3v) is 6.40. The summed E-state index contributed by atoms with van der Waals surface area (Å²) in [6.45, 7) is 0. The number of rotatable bonds is 4. The monoisotopic (exact) mass is 410 g/mol. The van der Waals surface area contributed by atoms with Crippen LogP contribution >= 0.6 is 34.8 Å². The first-order valence-corrected chi connectivity index (χ1v) is 9.90. The summed E-state index contributed by atoms with van der Waals surface area (Å²) < 4.78 is 0. The molecule has 0 amide bonds. The lowest BCUT2D eigenvalue weighted by Gasteiger charge is -2.38. The molecule has 0 bridgehead atoms. The molecule has 0 saturated heterocycles. The molecule has 0 radical (unpaired) electrons. The number of halogens is 3. The molecule has 4 rings (SSSR count). The highest BCUT2D eigenvalue weighted by molar-refractivity contribution is 6.48. The van der Waals surface area contributed by atoms with Gasteiger partial charge in [0.15, 0.2) is 0 Å². The minimum absolute atomic E-state index is 0.388. The van der Waals surface area contributed by atoms with Crippen molar-refractivity contribution in [1.29, 1.82) is 0 Å². The quantitative estimate of drug-likeness (QED) is 0.302. The summed E-state index contributed by atoms with van der Waals surface area (Å²) in [5, 5.41) is 1.34. The smallest absolute Gasteiger partial charge is 0.0781 e. The van der Waals surface area contributed by atoms with Crippen LogP contribution in [0.1, 0.15) is 23.1 Å². The van der Waals surface area contributed by atoms with Gasteiger partial charge in [0.1, 0.15) is 0 Å². The molecule has 3 aromatic carbocycles. The molecule has 1 aliphatic rings. The largest absolute Gasteiger partial charge is 0.0827 e. The molecule has 134 valence electrons. The maximum absolute atomic E-state index is 6.80. The summed E-state index contributed by atoms with van der Waals surface area (Å²) in [6.07, 6.45) is 7.29. The van der Waals surface area contributed by atoms with E-state index in [1.165, 1.54) is 5.57 Å². The molecule has 0 N–H and O–H groups in total. The fraction of sp³-hybridized carbons (Fsp3) is 0.0833. The van der Waals surface area contributed by atoms with E-state index in [0.29, 0.717) is 15.1 Å². The Morgan fingerprint density at radius 1 is 0.667 bits per heavy atom. The van der Waals surface area contributed by atoms with Crippen LogP contribution in [0.25, 0.3) is 0 Å². The Labute approximate surface area is 174 Å². The standard InChI is InChI=1S/C24H17Cl3/c25-21-16-15-20(22(26)23(21)27)24(19-13-7-8-14-19,17-9-3-1-4-10-17)18-11-5-2-6-12-18/h1-13,15-16H,14H2. The SMILES string of the molecule is Clc1ccc(C(C2=CC=CC2)(c2ccccc2)c2ccccc2)c(Cl)c1Cl. The third kappa shape index (κ3) is 3.02. The zero-order valence-electron chi connectivity index (χ0n) is 14.5. The van der Waals surface area contributed by atoms with Gasteiger partial charge in [-0.25, -0.2) is 0 Å². The molecule has 0 atom stereocenters. The van der Waals surface area contributed by atoms with Gasteiger partial charge in [0.25, 0.3) is 0 Å². The van der Waals surface area contributed by atoms with Crippen LogP contribution < -0.4 is 0 Å². The van der Waals surface area contributed by atoms with Crippen LogP contribution in [-0.2, 0) is 5.41 Å². The van der Waals surface area contributed by atoms with Gasteiger partial charge in [0.2, 0.25) is 0 Å². The van der Waals surface area contributed by atoms with E-state index in [0.717, 1.165) is 23.1 Å². The van der Waals surface area contributed by atoms with Crippen LogP contribution in [0.15, 0.2) is 96.6 Å². The molecule has 3 heteroatoms. The van der Waals surface area contributed by atoms with Crippen molar-refractivity contribution >= 4 is 34.8 Å². The van der Waals surface area contributed by atoms with Gasteiger partial charge in [-0.05, 0) is 34.8 Å². The summed E-state index contributed by atoms with van der Waals surface area (Å²) in [4.78, 5) is 0. The Morgan fingerprint density at radius 2 is 1.26 bits per heavy atom. The molecule has 0 nitrogen and oxygen atoms in total. The van der Waals surface area contributed by atoms with Crippen LogP contribution in [0.4, 0.5) is 0 Å². The molecule has 0 saturated carbocycles. The number of benzene rings is 3. The molecule has 0 heterocycles. The van der Waals surface area contributed by atoms with E-state index in [9.17, 15) is 0 Å². The van der Waals surface area contributed by atoms with E-state index >= 15 is 0 Å². The number of hydrogen-bond donors (Lipinski definition) is 0. The molecule has 0 spiro atoms. The summed E-state index contributed by atoms with van der Waals surface area (Å²) in [5.74, 6) is 0. The second kappa shape index (κ2) is 7.56.